The quantitative estimate of drug-likeness (QED) is 0.721. The Bertz CT molecular complexity index is 332. The monoisotopic (exact) mass is 193 g/mol. The van der Waals surface area contributed by atoms with Crippen LogP contribution < -0.4 is 0 Å². The number of aliphatic imine (C=N–C) groups is 1. The van der Waals surface area contributed by atoms with E-state index in [1.54, 1.807) is 12.1 Å². The van der Waals surface area contributed by atoms with Gasteiger partial charge in [0.2, 0.25) is 0 Å². The Morgan fingerprint density at radius 1 is 1.21 bits per heavy atom. The van der Waals surface area contributed by atoms with Crippen LogP contribution in [-0.4, -0.2) is 19.0 Å². The van der Waals surface area contributed by atoms with Gasteiger partial charge in [0.1, 0.15) is 12.4 Å². The van der Waals surface area contributed by atoms with Crippen molar-refractivity contribution in [1.82, 2.24) is 0 Å². The summed E-state index contributed by atoms with van der Waals surface area (Å²) in [6.45, 7) is 1.48. The van der Waals surface area contributed by atoms with Gasteiger partial charge in [0.25, 0.3) is 0 Å². The summed E-state index contributed by atoms with van der Waals surface area (Å²) < 4.78 is 17.9. The molecule has 0 aliphatic carbocycles. The second-order valence-corrected chi connectivity index (χ2v) is 3.25. The van der Waals surface area contributed by atoms with Crippen LogP contribution in [0.25, 0.3) is 0 Å². The number of rotatable bonds is 3. The van der Waals surface area contributed by atoms with Crippen molar-refractivity contribution in [1.29, 1.82) is 0 Å². The summed E-state index contributed by atoms with van der Waals surface area (Å²) in [6.07, 6.45) is 1.67. The number of benzene rings is 1. The van der Waals surface area contributed by atoms with Crippen LogP contribution in [0.5, 0.6) is 0 Å². The molecule has 0 saturated carbocycles. The van der Waals surface area contributed by atoms with E-state index < -0.39 is 0 Å². The fourth-order valence-electron chi connectivity index (χ4n) is 1.43. The minimum atomic E-state index is -0.191. The van der Waals surface area contributed by atoms with E-state index >= 15 is 0 Å². The van der Waals surface area contributed by atoms with Gasteiger partial charge in [-0.25, -0.2) is 4.39 Å². The Hall–Kier alpha value is -1.38. The van der Waals surface area contributed by atoms with Gasteiger partial charge in [-0.05, 0) is 24.1 Å². The van der Waals surface area contributed by atoms with Crippen molar-refractivity contribution in [3.8, 4) is 0 Å². The first-order chi connectivity index (χ1) is 6.84. The molecule has 0 saturated heterocycles. The number of hydrogen-bond acceptors (Lipinski definition) is 2. The molecule has 1 aromatic carbocycles. The maximum atomic E-state index is 12.6. The van der Waals surface area contributed by atoms with E-state index in [1.807, 2.05) is 0 Å². The average molecular weight is 193 g/mol. The predicted molar refractivity (Wildman–Crippen MR) is 53.0 cm³/mol. The van der Waals surface area contributed by atoms with Crippen molar-refractivity contribution in [2.75, 3.05) is 13.2 Å². The zero-order valence-electron chi connectivity index (χ0n) is 7.87. The molecule has 3 heteroatoms. The molecule has 0 radical (unpaired) electrons. The number of halogens is 1. The van der Waals surface area contributed by atoms with Crippen molar-refractivity contribution in [2.24, 2.45) is 4.99 Å². The van der Waals surface area contributed by atoms with E-state index in [0.29, 0.717) is 6.61 Å². The van der Waals surface area contributed by atoms with Crippen LogP contribution in [0.2, 0.25) is 0 Å². The van der Waals surface area contributed by atoms with Crippen LogP contribution in [0, 0.1) is 5.82 Å². The highest BCUT2D eigenvalue weighted by Crippen LogP contribution is 2.08. The second-order valence-electron chi connectivity index (χ2n) is 3.25. The first kappa shape index (κ1) is 9.19. The lowest BCUT2D eigenvalue weighted by atomic mass is 10.1. The van der Waals surface area contributed by atoms with Gasteiger partial charge >= 0.3 is 0 Å². The molecule has 0 bridgehead atoms. The van der Waals surface area contributed by atoms with Crippen molar-refractivity contribution in [2.45, 2.75) is 12.8 Å². The van der Waals surface area contributed by atoms with E-state index in [4.69, 9.17) is 4.74 Å². The van der Waals surface area contributed by atoms with Crippen LogP contribution in [0.1, 0.15) is 12.0 Å². The van der Waals surface area contributed by atoms with Gasteiger partial charge < -0.3 is 4.74 Å². The van der Waals surface area contributed by atoms with Gasteiger partial charge in [0.15, 0.2) is 5.90 Å². The van der Waals surface area contributed by atoms with E-state index in [0.717, 1.165) is 30.8 Å². The number of aryl methyl sites for hydroxylation is 1. The Kier molecular flexibility index (Phi) is 2.77. The molecule has 2 rings (SSSR count). The molecule has 14 heavy (non-hydrogen) atoms. The number of ether oxygens (including phenoxy) is 1. The fourth-order valence-corrected chi connectivity index (χ4v) is 1.43. The van der Waals surface area contributed by atoms with Crippen LogP contribution >= 0.6 is 0 Å². The Labute approximate surface area is 82.4 Å². The third kappa shape index (κ3) is 2.31. The predicted octanol–water partition coefficient (Wildman–Crippen LogP) is 2.19. The third-order valence-electron chi connectivity index (χ3n) is 2.19. The highest BCUT2D eigenvalue weighted by Gasteiger charge is 2.06. The summed E-state index contributed by atoms with van der Waals surface area (Å²) >= 11 is 0. The summed E-state index contributed by atoms with van der Waals surface area (Å²) in [5, 5.41) is 0. The standard InChI is InChI=1S/C11H12FNO/c12-10-4-1-9(2-5-10)3-6-11-13-7-8-14-11/h1-2,4-5H,3,6-8H2. The Morgan fingerprint density at radius 2 is 2.00 bits per heavy atom. The molecule has 0 N–H and O–H groups in total. The lowest BCUT2D eigenvalue weighted by molar-refractivity contribution is 0.338. The molecule has 0 aromatic heterocycles. The summed E-state index contributed by atoms with van der Waals surface area (Å²) in [5.74, 6) is 0.637. The van der Waals surface area contributed by atoms with Crippen molar-refractivity contribution >= 4 is 5.90 Å². The first-order valence-corrected chi connectivity index (χ1v) is 4.75. The molecule has 0 unspecified atom stereocenters. The number of hydrogen-bond donors (Lipinski definition) is 0. The first-order valence-electron chi connectivity index (χ1n) is 4.75. The van der Waals surface area contributed by atoms with E-state index in [9.17, 15) is 4.39 Å². The van der Waals surface area contributed by atoms with E-state index in [2.05, 4.69) is 4.99 Å². The van der Waals surface area contributed by atoms with E-state index in [1.165, 1.54) is 12.1 Å². The summed E-state index contributed by atoms with van der Waals surface area (Å²) in [4.78, 5) is 4.19. The van der Waals surface area contributed by atoms with Crippen molar-refractivity contribution in [3.63, 3.8) is 0 Å². The highest BCUT2D eigenvalue weighted by atomic mass is 19.1. The van der Waals surface area contributed by atoms with Gasteiger partial charge in [0.05, 0.1) is 6.54 Å². The molecule has 0 amide bonds. The average Bonchev–Trinajstić information content (AvgIpc) is 2.70. The molecule has 74 valence electrons. The topological polar surface area (TPSA) is 21.6 Å². The summed E-state index contributed by atoms with van der Waals surface area (Å²) in [7, 11) is 0. The highest BCUT2D eigenvalue weighted by molar-refractivity contribution is 5.77. The maximum Gasteiger partial charge on any atom is 0.183 e. The Balaban J connectivity index is 1.88. The zero-order chi connectivity index (χ0) is 9.80. The van der Waals surface area contributed by atoms with Crippen molar-refractivity contribution in [3.05, 3.63) is 35.6 Å². The van der Waals surface area contributed by atoms with Gasteiger partial charge in [-0.1, -0.05) is 12.1 Å². The van der Waals surface area contributed by atoms with E-state index in [-0.39, 0.29) is 5.82 Å². The number of nitrogens with zero attached hydrogens (tertiary/aromatic N) is 1. The SMILES string of the molecule is Fc1ccc(CCC2=NCCO2)cc1. The molecule has 0 fully saturated rings. The van der Waals surface area contributed by atoms with Crippen molar-refractivity contribution < 1.29 is 9.13 Å². The largest absolute Gasteiger partial charge is 0.479 e. The molecule has 0 atom stereocenters. The zero-order valence-corrected chi connectivity index (χ0v) is 7.87. The Morgan fingerprint density at radius 3 is 2.64 bits per heavy atom. The van der Waals surface area contributed by atoms with Crippen LogP contribution in [0.3, 0.4) is 0 Å². The van der Waals surface area contributed by atoms with Gasteiger partial charge in [0, 0.05) is 6.42 Å². The molecule has 2 nitrogen and oxygen atoms in total. The molecule has 1 aliphatic heterocycles. The molecule has 1 aliphatic rings. The molecule has 1 heterocycles. The minimum Gasteiger partial charge on any atom is -0.479 e. The van der Waals surface area contributed by atoms with Crippen LogP contribution in [-0.2, 0) is 11.2 Å². The third-order valence-corrected chi connectivity index (χ3v) is 2.19. The van der Waals surface area contributed by atoms with Gasteiger partial charge in [-0.3, -0.25) is 4.99 Å². The van der Waals surface area contributed by atoms with Gasteiger partial charge in [-0.15, -0.1) is 0 Å². The molecule has 1 aromatic rings. The van der Waals surface area contributed by atoms with Crippen LogP contribution in [0.4, 0.5) is 4.39 Å². The smallest absolute Gasteiger partial charge is 0.183 e. The second kappa shape index (κ2) is 4.22. The fraction of sp³-hybridized carbons (Fsp3) is 0.364. The summed E-state index contributed by atoms with van der Waals surface area (Å²) in [5.41, 5.74) is 1.12. The van der Waals surface area contributed by atoms with Gasteiger partial charge in [-0.2, -0.15) is 0 Å². The minimum absolute atomic E-state index is 0.191. The molecular weight excluding hydrogens is 181 g/mol. The molecule has 0 spiro atoms. The normalized spacial score (nSPS) is 15.1. The summed E-state index contributed by atoms with van der Waals surface area (Å²) in [6, 6.07) is 6.55. The lowest BCUT2D eigenvalue weighted by Crippen LogP contribution is -2.00. The lowest BCUT2D eigenvalue weighted by Gasteiger charge is -2.01. The van der Waals surface area contributed by atoms with Crippen LogP contribution in [0.15, 0.2) is 29.3 Å². The maximum absolute atomic E-state index is 12.6. The molecular formula is C11H12FNO.